The van der Waals surface area contributed by atoms with Crippen molar-refractivity contribution in [3.8, 4) is 11.4 Å². The summed E-state index contributed by atoms with van der Waals surface area (Å²) in [7, 11) is 0. The van der Waals surface area contributed by atoms with Crippen molar-refractivity contribution in [2.75, 3.05) is 6.54 Å². The molecule has 1 aliphatic carbocycles. The monoisotopic (exact) mass is 271 g/mol. The summed E-state index contributed by atoms with van der Waals surface area (Å²) in [4.78, 5) is 4.62. The molecule has 1 aliphatic rings. The lowest BCUT2D eigenvalue weighted by Gasteiger charge is -2.29. The molecule has 0 spiro atoms. The smallest absolute Gasteiger partial charge is 0.231 e. The summed E-state index contributed by atoms with van der Waals surface area (Å²) in [5.74, 6) is 1.84. The van der Waals surface area contributed by atoms with E-state index in [1.165, 1.54) is 19.3 Å². The van der Waals surface area contributed by atoms with Gasteiger partial charge < -0.3 is 9.84 Å². The molecule has 20 heavy (non-hydrogen) atoms. The lowest BCUT2D eigenvalue weighted by Crippen LogP contribution is -2.37. The fourth-order valence-corrected chi connectivity index (χ4v) is 3.02. The normalized spacial score (nSPS) is 22.9. The van der Waals surface area contributed by atoms with Crippen LogP contribution in [0.3, 0.4) is 0 Å². The predicted octanol–water partition coefficient (Wildman–Crippen LogP) is 3.37. The van der Waals surface area contributed by atoms with Crippen LogP contribution >= 0.6 is 0 Å². The SMILES string of the molecule is CCNC1CCCCC1c1nc(-c2ccccc2)no1. The van der Waals surface area contributed by atoms with Crippen LogP contribution in [-0.4, -0.2) is 22.7 Å². The number of aromatic nitrogens is 2. The highest BCUT2D eigenvalue weighted by Crippen LogP contribution is 2.33. The van der Waals surface area contributed by atoms with Crippen molar-refractivity contribution in [1.29, 1.82) is 0 Å². The molecule has 1 heterocycles. The van der Waals surface area contributed by atoms with Crippen molar-refractivity contribution in [1.82, 2.24) is 15.5 Å². The zero-order valence-electron chi connectivity index (χ0n) is 11.9. The Morgan fingerprint density at radius 1 is 1.20 bits per heavy atom. The third-order valence-electron chi connectivity index (χ3n) is 4.02. The summed E-state index contributed by atoms with van der Waals surface area (Å²) in [6.45, 7) is 3.13. The average Bonchev–Trinajstić information content (AvgIpc) is 2.99. The van der Waals surface area contributed by atoms with Gasteiger partial charge >= 0.3 is 0 Å². The molecular weight excluding hydrogens is 250 g/mol. The molecular formula is C16H21N3O. The van der Waals surface area contributed by atoms with E-state index in [1.807, 2.05) is 30.3 Å². The largest absolute Gasteiger partial charge is 0.339 e. The summed E-state index contributed by atoms with van der Waals surface area (Å²) in [6, 6.07) is 10.5. The van der Waals surface area contributed by atoms with Crippen LogP contribution in [0.4, 0.5) is 0 Å². The molecule has 2 unspecified atom stereocenters. The van der Waals surface area contributed by atoms with Crippen LogP contribution < -0.4 is 5.32 Å². The Bertz CT molecular complexity index is 536. The first-order valence-corrected chi connectivity index (χ1v) is 7.51. The van der Waals surface area contributed by atoms with Gasteiger partial charge in [-0.1, -0.05) is 55.3 Å². The molecule has 0 amide bonds. The first kappa shape index (κ1) is 13.3. The van der Waals surface area contributed by atoms with Crippen molar-refractivity contribution < 1.29 is 4.52 Å². The van der Waals surface area contributed by atoms with Crippen molar-refractivity contribution in [2.24, 2.45) is 0 Å². The zero-order chi connectivity index (χ0) is 13.8. The quantitative estimate of drug-likeness (QED) is 0.926. The van der Waals surface area contributed by atoms with Crippen LogP contribution in [0.5, 0.6) is 0 Å². The number of hydrogen-bond acceptors (Lipinski definition) is 4. The number of nitrogens with zero attached hydrogens (tertiary/aromatic N) is 2. The fourth-order valence-electron chi connectivity index (χ4n) is 3.02. The maximum absolute atomic E-state index is 5.53. The Balaban J connectivity index is 1.81. The fraction of sp³-hybridized carbons (Fsp3) is 0.500. The second-order valence-electron chi connectivity index (χ2n) is 5.38. The van der Waals surface area contributed by atoms with Crippen LogP contribution in [0.1, 0.15) is 44.4 Å². The number of nitrogens with one attached hydrogen (secondary N) is 1. The highest BCUT2D eigenvalue weighted by atomic mass is 16.5. The average molecular weight is 271 g/mol. The topological polar surface area (TPSA) is 51.0 Å². The molecule has 1 aromatic carbocycles. The molecule has 3 rings (SSSR count). The standard InChI is InChI=1S/C16H21N3O/c1-2-17-14-11-7-6-10-13(14)16-18-15(19-20-16)12-8-4-3-5-9-12/h3-5,8-9,13-14,17H,2,6-7,10-11H2,1H3. The molecule has 4 heteroatoms. The lowest BCUT2D eigenvalue weighted by atomic mass is 9.84. The molecule has 1 N–H and O–H groups in total. The van der Waals surface area contributed by atoms with Gasteiger partial charge in [-0.25, -0.2) is 0 Å². The van der Waals surface area contributed by atoms with Crippen LogP contribution in [0.25, 0.3) is 11.4 Å². The highest BCUT2D eigenvalue weighted by Gasteiger charge is 2.30. The first-order chi connectivity index (χ1) is 9.88. The van der Waals surface area contributed by atoms with E-state index >= 15 is 0 Å². The molecule has 1 aromatic heterocycles. The van der Waals surface area contributed by atoms with E-state index in [4.69, 9.17) is 4.52 Å². The van der Waals surface area contributed by atoms with Gasteiger partial charge in [0.15, 0.2) is 0 Å². The molecule has 1 fully saturated rings. The Labute approximate surface area is 119 Å². The van der Waals surface area contributed by atoms with Gasteiger partial charge in [0.05, 0.1) is 5.92 Å². The van der Waals surface area contributed by atoms with Gasteiger partial charge in [0.2, 0.25) is 11.7 Å². The van der Waals surface area contributed by atoms with Crippen molar-refractivity contribution >= 4 is 0 Å². The van der Waals surface area contributed by atoms with Gasteiger partial charge in [0.1, 0.15) is 0 Å². The van der Waals surface area contributed by atoms with Gasteiger partial charge in [0.25, 0.3) is 0 Å². The van der Waals surface area contributed by atoms with E-state index in [0.717, 1.165) is 24.4 Å². The third-order valence-corrected chi connectivity index (χ3v) is 4.02. The molecule has 4 nitrogen and oxygen atoms in total. The van der Waals surface area contributed by atoms with Crippen LogP contribution in [0, 0.1) is 0 Å². The molecule has 0 radical (unpaired) electrons. The molecule has 0 aliphatic heterocycles. The van der Waals surface area contributed by atoms with Gasteiger partial charge in [0, 0.05) is 11.6 Å². The molecule has 2 atom stereocenters. The minimum absolute atomic E-state index is 0.355. The predicted molar refractivity (Wildman–Crippen MR) is 78.4 cm³/mol. The zero-order valence-corrected chi connectivity index (χ0v) is 11.9. The maximum Gasteiger partial charge on any atom is 0.231 e. The summed E-state index contributed by atoms with van der Waals surface area (Å²) < 4.78 is 5.53. The minimum atomic E-state index is 0.355. The highest BCUT2D eigenvalue weighted by molar-refractivity contribution is 5.53. The molecule has 0 saturated heterocycles. The Hall–Kier alpha value is -1.68. The Morgan fingerprint density at radius 3 is 2.80 bits per heavy atom. The molecule has 0 bridgehead atoms. The van der Waals surface area contributed by atoms with Crippen LogP contribution in [0.15, 0.2) is 34.9 Å². The van der Waals surface area contributed by atoms with E-state index in [0.29, 0.717) is 17.8 Å². The number of benzene rings is 1. The Morgan fingerprint density at radius 2 is 2.00 bits per heavy atom. The number of hydrogen-bond donors (Lipinski definition) is 1. The van der Waals surface area contributed by atoms with Crippen molar-refractivity contribution in [3.63, 3.8) is 0 Å². The summed E-state index contributed by atoms with van der Waals surface area (Å²) in [6.07, 6.45) is 4.86. The summed E-state index contributed by atoms with van der Waals surface area (Å²) in [5.41, 5.74) is 1.01. The van der Waals surface area contributed by atoms with Crippen LogP contribution in [-0.2, 0) is 0 Å². The van der Waals surface area contributed by atoms with E-state index in [1.54, 1.807) is 0 Å². The van der Waals surface area contributed by atoms with E-state index in [-0.39, 0.29) is 0 Å². The van der Waals surface area contributed by atoms with Gasteiger partial charge in [-0.05, 0) is 19.4 Å². The first-order valence-electron chi connectivity index (χ1n) is 7.51. The van der Waals surface area contributed by atoms with E-state index < -0.39 is 0 Å². The Kier molecular flexibility index (Phi) is 4.11. The van der Waals surface area contributed by atoms with E-state index in [2.05, 4.69) is 22.4 Å². The minimum Gasteiger partial charge on any atom is -0.339 e. The number of likely N-dealkylation sites (N-methyl/N-ethyl adjacent to an activating group) is 1. The van der Waals surface area contributed by atoms with Gasteiger partial charge in [-0.15, -0.1) is 0 Å². The number of rotatable bonds is 4. The van der Waals surface area contributed by atoms with Gasteiger partial charge in [-0.2, -0.15) is 4.98 Å². The molecule has 1 saturated carbocycles. The van der Waals surface area contributed by atoms with Gasteiger partial charge in [-0.3, -0.25) is 0 Å². The van der Waals surface area contributed by atoms with E-state index in [9.17, 15) is 0 Å². The lowest BCUT2D eigenvalue weighted by molar-refractivity contribution is 0.265. The van der Waals surface area contributed by atoms with Crippen molar-refractivity contribution in [3.05, 3.63) is 36.2 Å². The van der Waals surface area contributed by atoms with Crippen LogP contribution in [0.2, 0.25) is 0 Å². The maximum atomic E-state index is 5.53. The second kappa shape index (κ2) is 6.18. The molecule has 106 valence electrons. The summed E-state index contributed by atoms with van der Waals surface area (Å²) >= 11 is 0. The molecule has 2 aromatic rings. The van der Waals surface area contributed by atoms with Crippen molar-refractivity contribution in [2.45, 2.75) is 44.6 Å². The third kappa shape index (κ3) is 2.75. The summed E-state index contributed by atoms with van der Waals surface area (Å²) in [5, 5.41) is 7.70. The second-order valence-corrected chi connectivity index (χ2v) is 5.38.